The Hall–Kier alpha value is -3.99. The Bertz CT molecular complexity index is 1410. The summed E-state index contributed by atoms with van der Waals surface area (Å²) in [4.78, 5) is 20.9. The SMILES string of the molecule is O=C(NC(c1ccccn1)C(F)(F)F)c1cc(-c2cnn3cc(-c4ccco4)cnc23)cs1. The lowest BCUT2D eigenvalue weighted by molar-refractivity contribution is -0.156. The summed E-state index contributed by atoms with van der Waals surface area (Å²) >= 11 is 1.03. The number of furan rings is 1. The molecule has 0 radical (unpaired) electrons. The maximum absolute atomic E-state index is 13.5. The second kappa shape index (κ2) is 8.17. The van der Waals surface area contributed by atoms with Crippen LogP contribution in [0.1, 0.15) is 21.4 Å². The Morgan fingerprint density at radius 3 is 2.73 bits per heavy atom. The smallest absolute Gasteiger partial charge is 0.414 e. The van der Waals surface area contributed by atoms with Gasteiger partial charge in [0, 0.05) is 24.2 Å². The highest BCUT2D eigenvalue weighted by molar-refractivity contribution is 7.12. The van der Waals surface area contributed by atoms with E-state index in [2.05, 4.69) is 15.1 Å². The number of halogens is 3. The molecular formula is C22H14F3N5O2S. The van der Waals surface area contributed by atoms with Crippen LogP contribution in [0.25, 0.3) is 28.1 Å². The van der Waals surface area contributed by atoms with Crippen molar-refractivity contribution in [2.45, 2.75) is 12.2 Å². The van der Waals surface area contributed by atoms with Crippen molar-refractivity contribution in [1.29, 1.82) is 0 Å². The molecule has 1 N–H and O–H groups in total. The zero-order valence-corrected chi connectivity index (χ0v) is 17.5. The van der Waals surface area contributed by atoms with Crippen molar-refractivity contribution in [2.75, 3.05) is 0 Å². The van der Waals surface area contributed by atoms with Gasteiger partial charge in [-0.25, -0.2) is 9.50 Å². The van der Waals surface area contributed by atoms with Gasteiger partial charge < -0.3 is 9.73 Å². The summed E-state index contributed by atoms with van der Waals surface area (Å²) in [6.45, 7) is 0. The van der Waals surface area contributed by atoms with Crippen LogP contribution >= 0.6 is 11.3 Å². The molecule has 0 bridgehead atoms. The van der Waals surface area contributed by atoms with Crippen molar-refractivity contribution < 1.29 is 22.4 Å². The van der Waals surface area contributed by atoms with E-state index in [1.807, 2.05) is 5.32 Å². The van der Waals surface area contributed by atoms with Crippen molar-refractivity contribution in [3.63, 3.8) is 0 Å². The Morgan fingerprint density at radius 1 is 1.12 bits per heavy atom. The highest BCUT2D eigenvalue weighted by atomic mass is 32.1. The quantitative estimate of drug-likeness (QED) is 0.385. The Labute approximate surface area is 188 Å². The first kappa shape index (κ1) is 20.9. The normalized spacial score (nSPS) is 12.7. The van der Waals surface area contributed by atoms with Gasteiger partial charge in [0.25, 0.3) is 5.91 Å². The van der Waals surface area contributed by atoms with Crippen LogP contribution in [0.4, 0.5) is 13.2 Å². The van der Waals surface area contributed by atoms with Crippen molar-refractivity contribution in [1.82, 2.24) is 24.9 Å². The number of pyridine rings is 1. The van der Waals surface area contributed by atoms with Crippen molar-refractivity contribution in [3.05, 3.63) is 83.4 Å². The summed E-state index contributed by atoms with van der Waals surface area (Å²) in [6.07, 6.45) is 3.10. The molecule has 7 nitrogen and oxygen atoms in total. The number of alkyl halides is 3. The second-order valence-electron chi connectivity index (χ2n) is 7.05. The summed E-state index contributed by atoms with van der Waals surface area (Å²) in [6, 6.07) is 7.04. The van der Waals surface area contributed by atoms with E-state index in [1.54, 1.807) is 46.9 Å². The largest absolute Gasteiger partial charge is 0.464 e. The van der Waals surface area contributed by atoms with Crippen molar-refractivity contribution in [2.24, 2.45) is 0 Å². The van der Waals surface area contributed by atoms with Gasteiger partial charge >= 0.3 is 6.18 Å². The Balaban J connectivity index is 1.41. The van der Waals surface area contributed by atoms with Crippen LogP contribution in [0.2, 0.25) is 0 Å². The minimum absolute atomic E-state index is 0.127. The first-order chi connectivity index (χ1) is 15.9. The number of hydrogen-bond acceptors (Lipinski definition) is 6. The molecule has 0 aliphatic carbocycles. The van der Waals surface area contributed by atoms with Gasteiger partial charge in [0.05, 0.1) is 28.6 Å². The fourth-order valence-electron chi connectivity index (χ4n) is 3.32. The van der Waals surface area contributed by atoms with Gasteiger partial charge in [0.2, 0.25) is 0 Å². The zero-order chi connectivity index (χ0) is 23.0. The number of nitrogens with one attached hydrogen (secondary N) is 1. The number of carbonyl (C=O) groups excluding carboxylic acids is 1. The van der Waals surface area contributed by atoms with Crippen LogP contribution in [0.3, 0.4) is 0 Å². The van der Waals surface area contributed by atoms with Crippen LogP contribution < -0.4 is 5.32 Å². The van der Waals surface area contributed by atoms with Crippen LogP contribution in [0.15, 0.2) is 77.2 Å². The standard InChI is InChI=1S/C22H14F3N5O2S/c23-22(24,25)19(16-4-1-2-6-26-16)29-21(31)18-8-13(12-33-18)15-10-28-30-11-14(9-27-20(15)30)17-5-3-7-32-17/h1-12,19H,(H,29,31). The van der Waals surface area contributed by atoms with Gasteiger partial charge in [-0.3, -0.25) is 9.78 Å². The van der Waals surface area contributed by atoms with Gasteiger partial charge in [-0.2, -0.15) is 18.3 Å². The van der Waals surface area contributed by atoms with Gasteiger partial charge in [0.15, 0.2) is 11.7 Å². The molecule has 5 rings (SSSR count). The van der Waals surface area contributed by atoms with E-state index < -0.39 is 18.1 Å². The lowest BCUT2D eigenvalue weighted by atomic mass is 10.1. The number of rotatable bonds is 5. The highest BCUT2D eigenvalue weighted by Gasteiger charge is 2.43. The van der Waals surface area contributed by atoms with Gasteiger partial charge in [0.1, 0.15) is 5.76 Å². The molecule has 0 fully saturated rings. The van der Waals surface area contributed by atoms with Crippen LogP contribution in [-0.4, -0.2) is 31.7 Å². The molecule has 0 spiro atoms. The fourth-order valence-corrected chi connectivity index (χ4v) is 4.13. The predicted molar refractivity (Wildman–Crippen MR) is 115 cm³/mol. The summed E-state index contributed by atoms with van der Waals surface area (Å²) < 4.78 is 47.6. The molecule has 166 valence electrons. The first-order valence-corrected chi connectivity index (χ1v) is 10.5. The maximum atomic E-state index is 13.5. The number of hydrogen-bond donors (Lipinski definition) is 1. The summed E-state index contributed by atoms with van der Waals surface area (Å²) in [7, 11) is 0. The third kappa shape index (κ3) is 4.10. The topological polar surface area (TPSA) is 85.3 Å². The molecule has 5 aromatic heterocycles. The van der Waals surface area contributed by atoms with E-state index in [0.29, 0.717) is 22.5 Å². The summed E-state index contributed by atoms with van der Waals surface area (Å²) in [5, 5.41) is 8.02. The average Bonchev–Trinajstić information content (AvgIpc) is 3.57. The number of nitrogens with zero attached hydrogens (tertiary/aromatic N) is 4. The molecule has 5 heterocycles. The second-order valence-corrected chi connectivity index (χ2v) is 7.96. The molecule has 1 atom stereocenters. The van der Waals surface area contributed by atoms with E-state index in [4.69, 9.17) is 4.42 Å². The zero-order valence-electron chi connectivity index (χ0n) is 16.7. The van der Waals surface area contributed by atoms with E-state index in [-0.39, 0.29) is 10.6 Å². The lowest BCUT2D eigenvalue weighted by Crippen LogP contribution is -2.38. The minimum atomic E-state index is -4.69. The first-order valence-electron chi connectivity index (χ1n) is 9.65. The van der Waals surface area contributed by atoms with Crippen molar-refractivity contribution in [3.8, 4) is 22.5 Å². The molecule has 33 heavy (non-hydrogen) atoms. The average molecular weight is 469 g/mol. The third-order valence-corrected chi connectivity index (χ3v) is 5.81. The molecule has 11 heteroatoms. The monoisotopic (exact) mass is 469 g/mol. The van der Waals surface area contributed by atoms with Crippen LogP contribution in [0.5, 0.6) is 0 Å². The highest BCUT2D eigenvalue weighted by Crippen LogP contribution is 2.33. The van der Waals surface area contributed by atoms with Gasteiger partial charge in [-0.05, 0) is 41.3 Å². The molecule has 0 aliphatic heterocycles. The summed E-state index contributed by atoms with van der Waals surface area (Å²) in [5.74, 6) is -0.202. The maximum Gasteiger partial charge on any atom is 0.414 e. The van der Waals surface area contributed by atoms with Crippen LogP contribution in [0, 0.1) is 0 Å². The molecule has 1 unspecified atom stereocenters. The fraction of sp³-hybridized carbons (Fsp3) is 0.0909. The minimum Gasteiger partial charge on any atom is -0.464 e. The van der Waals surface area contributed by atoms with E-state index in [1.165, 1.54) is 30.5 Å². The predicted octanol–water partition coefficient (Wildman–Crippen LogP) is 5.15. The number of thiophene rings is 1. The number of fused-ring (bicyclic) bond motifs is 1. The molecular weight excluding hydrogens is 455 g/mol. The molecule has 5 aromatic rings. The molecule has 0 saturated heterocycles. The van der Waals surface area contributed by atoms with Gasteiger partial charge in [-0.15, -0.1) is 11.3 Å². The van der Waals surface area contributed by atoms with Gasteiger partial charge in [-0.1, -0.05) is 6.07 Å². The van der Waals surface area contributed by atoms with E-state index in [9.17, 15) is 18.0 Å². The Kier molecular flexibility index (Phi) is 5.17. The number of aromatic nitrogens is 4. The van der Waals surface area contributed by atoms with E-state index in [0.717, 1.165) is 16.9 Å². The number of carbonyl (C=O) groups is 1. The number of amides is 1. The van der Waals surface area contributed by atoms with Crippen molar-refractivity contribution >= 4 is 22.9 Å². The third-order valence-electron chi connectivity index (χ3n) is 4.88. The van der Waals surface area contributed by atoms with E-state index >= 15 is 0 Å². The molecule has 0 saturated carbocycles. The molecule has 0 aliphatic rings. The summed E-state index contributed by atoms with van der Waals surface area (Å²) in [5.41, 5.74) is 2.26. The Morgan fingerprint density at radius 2 is 2.00 bits per heavy atom. The van der Waals surface area contributed by atoms with Crippen LogP contribution in [-0.2, 0) is 0 Å². The lowest BCUT2D eigenvalue weighted by Gasteiger charge is -2.20. The molecule has 0 aromatic carbocycles. The molecule has 1 amide bonds.